The molecule has 0 radical (unpaired) electrons. The van der Waals surface area contributed by atoms with Crippen molar-refractivity contribution >= 4 is 17.7 Å². The van der Waals surface area contributed by atoms with Crippen molar-refractivity contribution in [2.75, 3.05) is 13.7 Å². The van der Waals surface area contributed by atoms with Gasteiger partial charge in [0.15, 0.2) is 28.7 Å². The molecule has 3 atom stereocenters. The van der Waals surface area contributed by atoms with Gasteiger partial charge in [-0.2, -0.15) is 0 Å². The van der Waals surface area contributed by atoms with E-state index >= 15 is 0 Å². The van der Waals surface area contributed by atoms with Crippen molar-refractivity contribution in [2.24, 2.45) is 5.16 Å². The lowest BCUT2D eigenvalue weighted by Crippen LogP contribution is -2.52. The van der Waals surface area contributed by atoms with Gasteiger partial charge in [-0.25, -0.2) is 13.2 Å². The van der Waals surface area contributed by atoms with Gasteiger partial charge >= 0.3 is 0 Å². The smallest absolute Gasteiger partial charge is 0.274 e. The zero-order chi connectivity index (χ0) is 31.2. The maximum atomic E-state index is 14.3. The highest BCUT2D eigenvalue weighted by Crippen LogP contribution is 2.46. The predicted molar refractivity (Wildman–Crippen MR) is 151 cm³/mol. The second kappa shape index (κ2) is 11.4. The lowest BCUT2D eigenvalue weighted by Gasteiger charge is -2.42. The number of benzene rings is 2. The maximum absolute atomic E-state index is 14.3. The Hall–Kier alpha value is -4.81. The SMILES string of the molecule is COC1=NO[C@@]2(CC[C@H](C)N3C[C@H]2n2cc(C(=O)NCc4cc(F)c(F)cc4F)c(=O)c(OCc4ccccc4)c2C3=O)C1. The normalized spacial score (nSPS) is 22.2. The number of pyridine rings is 1. The van der Waals surface area contributed by atoms with E-state index in [1.165, 1.54) is 13.3 Å². The van der Waals surface area contributed by atoms with E-state index in [1.54, 1.807) is 33.7 Å². The highest BCUT2D eigenvalue weighted by atomic mass is 19.2. The Morgan fingerprint density at radius 1 is 1.14 bits per heavy atom. The summed E-state index contributed by atoms with van der Waals surface area (Å²) in [4.78, 5) is 49.0. The molecule has 44 heavy (non-hydrogen) atoms. The summed E-state index contributed by atoms with van der Waals surface area (Å²) >= 11 is 0. The third-order valence-corrected chi connectivity index (χ3v) is 8.50. The number of aromatic nitrogens is 1. The van der Waals surface area contributed by atoms with Gasteiger partial charge in [0, 0.05) is 37.0 Å². The third kappa shape index (κ3) is 5.05. The van der Waals surface area contributed by atoms with Crippen molar-refractivity contribution in [3.63, 3.8) is 0 Å². The molecule has 1 saturated heterocycles. The van der Waals surface area contributed by atoms with Gasteiger partial charge in [0.2, 0.25) is 11.3 Å². The molecule has 1 N–H and O–H groups in total. The molecule has 3 aliphatic heterocycles. The first-order valence-electron chi connectivity index (χ1n) is 14.1. The second-order valence-electron chi connectivity index (χ2n) is 11.2. The Labute approximate surface area is 250 Å². The Morgan fingerprint density at radius 2 is 1.89 bits per heavy atom. The lowest BCUT2D eigenvalue weighted by molar-refractivity contribution is -0.0656. The number of amides is 2. The van der Waals surface area contributed by atoms with Gasteiger partial charge in [-0.05, 0) is 31.4 Å². The largest absolute Gasteiger partial charge is 0.483 e. The summed E-state index contributed by atoms with van der Waals surface area (Å²) in [5.41, 5.74) is -1.82. The summed E-state index contributed by atoms with van der Waals surface area (Å²) in [6, 6.07) is 9.21. The number of oxime groups is 1. The Kier molecular flexibility index (Phi) is 7.56. The lowest BCUT2D eigenvalue weighted by atomic mass is 9.85. The summed E-state index contributed by atoms with van der Waals surface area (Å²) in [7, 11) is 1.48. The van der Waals surface area contributed by atoms with Gasteiger partial charge in [0.25, 0.3) is 11.8 Å². The summed E-state index contributed by atoms with van der Waals surface area (Å²) in [6.45, 7) is 1.52. The molecule has 0 saturated carbocycles. The van der Waals surface area contributed by atoms with E-state index in [0.717, 1.165) is 5.56 Å². The van der Waals surface area contributed by atoms with Crippen molar-refractivity contribution in [1.29, 1.82) is 0 Å². The van der Waals surface area contributed by atoms with Crippen LogP contribution in [0.5, 0.6) is 5.75 Å². The number of halogens is 3. The van der Waals surface area contributed by atoms with Crippen molar-refractivity contribution in [1.82, 2.24) is 14.8 Å². The van der Waals surface area contributed by atoms with E-state index in [2.05, 4.69) is 10.5 Å². The fourth-order valence-corrected chi connectivity index (χ4v) is 6.01. The zero-order valence-electron chi connectivity index (χ0n) is 23.9. The number of carbonyl (C=O) groups excluding carboxylic acids is 2. The summed E-state index contributed by atoms with van der Waals surface area (Å²) in [5, 5.41) is 6.52. The molecular formula is C31H29F3N4O6. The molecule has 2 aromatic carbocycles. The minimum absolute atomic E-state index is 0.0343. The van der Waals surface area contributed by atoms with Crippen LogP contribution in [-0.2, 0) is 22.7 Å². The predicted octanol–water partition coefficient (Wildman–Crippen LogP) is 4.07. The minimum Gasteiger partial charge on any atom is -0.483 e. The first kappa shape index (κ1) is 29.3. The molecule has 230 valence electrons. The van der Waals surface area contributed by atoms with Crippen molar-refractivity contribution in [3.05, 3.63) is 98.7 Å². The van der Waals surface area contributed by atoms with E-state index in [1.807, 2.05) is 13.0 Å². The molecule has 6 rings (SSSR count). The average Bonchev–Trinajstić information content (AvgIpc) is 3.40. The average molecular weight is 611 g/mol. The van der Waals surface area contributed by atoms with Crippen LogP contribution in [-0.4, -0.2) is 52.5 Å². The van der Waals surface area contributed by atoms with E-state index in [-0.39, 0.29) is 41.8 Å². The van der Waals surface area contributed by atoms with E-state index in [4.69, 9.17) is 14.3 Å². The third-order valence-electron chi connectivity index (χ3n) is 8.50. The number of nitrogens with one attached hydrogen (secondary N) is 1. The molecule has 2 amide bonds. The maximum Gasteiger partial charge on any atom is 0.274 e. The van der Waals surface area contributed by atoms with E-state index < -0.39 is 52.9 Å². The van der Waals surface area contributed by atoms with Crippen LogP contribution in [0.15, 0.2) is 58.6 Å². The van der Waals surface area contributed by atoms with Crippen LogP contribution in [0.4, 0.5) is 13.2 Å². The van der Waals surface area contributed by atoms with Gasteiger partial charge in [0.05, 0.1) is 19.6 Å². The second-order valence-corrected chi connectivity index (χ2v) is 11.2. The topological polar surface area (TPSA) is 111 Å². The molecule has 0 aliphatic carbocycles. The van der Waals surface area contributed by atoms with Crippen molar-refractivity contribution < 1.29 is 37.1 Å². The van der Waals surface area contributed by atoms with Crippen molar-refractivity contribution in [3.8, 4) is 5.75 Å². The van der Waals surface area contributed by atoms with E-state index in [0.29, 0.717) is 37.3 Å². The van der Waals surface area contributed by atoms with Crippen LogP contribution in [0, 0.1) is 17.5 Å². The van der Waals surface area contributed by atoms with Gasteiger partial charge in [-0.3, -0.25) is 14.4 Å². The zero-order valence-corrected chi connectivity index (χ0v) is 23.9. The number of ether oxygens (including phenoxy) is 2. The monoisotopic (exact) mass is 610 g/mol. The molecule has 2 bridgehead atoms. The Bertz CT molecular complexity index is 1730. The molecule has 3 aliphatic rings. The number of hydrogen-bond donors (Lipinski definition) is 1. The number of fused-ring (bicyclic) bond motifs is 5. The number of nitrogens with zero attached hydrogens (tertiary/aromatic N) is 3. The molecule has 4 heterocycles. The Morgan fingerprint density at radius 3 is 2.61 bits per heavy atom. The molecule has 13 heteroatoms. The van der Waals surface area contributed by atoms with Gasteiger partial charge in [0.1, 0.15) is 18.0 Å². The number of rotatable bonds is 6. The standard InChI is InChI=1S/C31H29F3N4O6/c1-17-8-9-31(12-25(42-2)36-44-31)24-15-37(17)30(41)26-28(43-16-18-6-4-3-5-7-18)27(39)20(14-38(24)26)29(40)35-13-19-10-22(33)23(34)11-21(19)32/h3-7,10-11,14,17,24H,8-9,12-13,15-16H2,1-2H3,(H,35,40)/t17-,24+,31-/m0/s1. The molecule has 1 spiro atoms. The minimum atomic E-state index is -1.37. The van der Waals surface area contributed by atoms with Gasteiger partial charge in [-0.1, -0.05) is 35.5 Å². The number of methoxy groups -OCH3 is 1. The van der Waals surface area contributed by atoms with Crippen LogP contribution in [0.25, 0.3) is 0 Å². The van der Waals surface area contributed by atoms with Gasteiger partial charge in [-0.15, -0.1) is 0 Å². The molecule has 0 unspecified atom stereocenters. The first-order chi connectivity index (χ1) is 21.1. The van der Waals surface area contributed by atoms with Crippen molar-refractivity contribution in [2.45, 2.75) is 57.0 Å². The highest BCUT2D eigenvalue weighted by Gasteiger charge is 2.54. The fraction of sp³-hybridized carbons (Fsp3) is 0.355. The highest BCUT2D eigenvalue weighted by molar-refractivity contribution is 5.99. The van der Waals surface area contributed by atoms with Crippen LogP contribution in [0.2, 0.25) is 0 Å². The molecule has 10 nitrogen and oxygen atoms in total. The quantitative estimate of drug-likeness (QED) is 0.422. The number of carbonyl (C=O) groups is 2. The summed E-state index contributed by atoms with van der Waals surface area (Å²) < 4.78 is 54.4. The van der Waals surface area contributed by atoms with E-state index in [9.17, 15) is 27.6 Å². The van der Waals surface area contributed by atoms with Gasteiger partial charge < -0.3 is 29.1 Å². The molecular weight excluding hydrogens is 581 g/mol. The first-order valence-corrected chi connectivity index (χ1v) is 14.1. The van der Waals surface area contributed by atoms with Crippen LogP contribution < -0.4 is 15.5 Å². The summed E-state index contributed by atoms with van der Waals surface area (Å²) in [6.07, 6.45) is 2.66. The number of hydrogen-bond acceptors (Lipinski definition) is 7. The summed E-state index contributed by atoms with van der Waals surface area (Å²) in [5.74, 6) is -5.03. The molecule has 1 aromatic heterocycles. The van der Waals surface area contributed by atoms with Crippen LogP contribution in [0.1, 0.15) is 64.2 Å². The Balaban J connectivity index is 1.45. The van der Waals surface area contributed by atoms with Crippen LogP contribution >= 0.6 is 0 Å². The fourth-order valence-electron chi connectivity index (χ4n) is 6.01. The molecule has 1 fully saturated rings. The molecule has 3 aromatic rings. The van der Waals surface area contributed by atoms with Crippen LogP contribution in [0.3, 0.4) is 0 Å².